The Labute approximate surface area is 138 Å². The predicted molar refractivity (Wildman–Crippen MR) is 88.3 cm³/mol. The number of piperidine rings is 3. The Hall–Kier alpha value is -1.40. The molecule has 1 amide bonds. The Morgan fingerprint density at radius 3 is 2.52 bits per heavy atom. The smallest absolute Gasteiger partial charge is 0.272 e. The Kier molecular flexibility index (Phi) is 4.11. The van der Waals surface area contributed by atoms with Crippen LogP contribution in [0.15, 0.2) is 12.3 Å². The van der Waals surface area contributed by atoms with E-state index in [0.717, 1.165) is 50.4 Å². The number of carbonyl (C=O) groups excluding carboxylic acids is 1. The molecule has 1 aromatic rings. The van der Waals surface area contributed by atoms with E-state index in [0.29, 0.717) is 0 Å². The number of piperazine rings is 1. The molecule has 0 radical (unpaired) electrons. The number of fused-ring (bicyclic) bond motifs is 3. The van der Waals surface area contributed by atoms with Crippen LogP contribution in [0.25, 0.3) is 0 Å². The molecule has 0 N–H and O–H groups in total. The molecule has 1 aromatic heterocycles. The number of hydrogen-bond acceptors (Lipinski definition) is 4. The van der Waals surface area contributed by atoms with Gasteiger partial charge in [0, 0.05) is 51.5 Å². The summed E-state index contributed by atoms with van der Waals surface area (Å²) in [6.45, 7) is 10.3. The molecule has 4 aliphatic heterocycles. The number of amides is 1. The van der Waals surface area contributed by atoms with Crippen LogP contribution < -0.4 is 0 Å². The molecule has 2 bridgehead atoms. The molecule has 0 aliphatic carbocycles. The van der Waals surface area contributed by atoms with Gasteiger partial charge in [-0.15, -0.1) is 0 Å². The molecule has 6 heteroatoms. The fourth-order valence-corrected chi connectivity index (χ4v) is 4.53. The SMILES string of the molecule is CCn1nccc1C(=O)N1CCN([C@@H]2CN3CCC2CC3)CC1. The highest BCUT2D eigenvalue weighted by molar-refractivity contribution is 5.92. The molecule has 1 atom stereocenters. The van der Waals surface area contributed by atoms with Crippen molar-refractivity contribution in [3.8, 4) is 0 Å². The van der Waals surface area contributed by atoms with Crippen LogP contribution in [0.4, 0.5) is 0 Å². The normalized spacial score (nSPS) is 31.5. The van der Waals surface area contributed by atoms with Gasteiger partial charge in [0.15, 0.2) is 0 Å². The molecule has 6 nitrogen and oxygen atoms in total. The van der Waals surface area contributed by atoms with Gasteiger partial charge in [-0.05, 0) is 44.8 Å². The third-order valence-electron chi connectivity index (χ3n) is 5.93. The van der Waals surface area contributed by atoms with Gasteiger partial charge in [-0.25, -0.2) is 0 Å². The van der Waals surface area contributed by atoms with Crippen LogP contribution in [0.2, 0.25) is 0 Å². The highest BCUT2D eigenvalue weighted by Crippen LogP contribution is 2.31. The van der Waals surface area contributed by atoms with Crippen molar-refractivity contribution in [1.82, 2.24) is 24.5 Å². The van der Waals surface area contributed by atoms with E-state index in [1.165, 1.54) is 32.5 Å². The number of rotatable bonds is 3. The van der Waals surface area contributed by atoms with Crippen LogP contribution in [0.5, 0.6) is 0 Å². The standard InChI is InChI=1S/C17H27N5O/c1-2-22-15(3-6-18-22)17(23)21-11-9-20(10-12-21)16-13-19-7-4-14(16)5-8-19/h3,6,14,16H,2,4-5,7-13H2,1H3/t16-/m1/s1. The topological polar surface area (TPSA) is 44.6 Å². The van der Waals surface area contributed by atoms with E-state index in [9.17, 15) is 4.79 Å². The van der Waals surface area contributed by atoms with Crippen LogP contribution in [-0.2, 0) is 6.54 Å². The molecular formula is C17H27N5O. The summed E-state index contributed by atoms with van der Waals surface area (Å²) in [5.74, 6) is 1.02. The van der Waals surface area contributed by atoms with Crippen LogP contribution in [-0.4, -0.2) is 82.2 Å². The first-order valence-electron chi connectivity index (χ1n) is 9.03. The number of carbonyl (C=O) groups is 1. The fourth-order valence-electron chi connectivity index (χ4n) is 4.53. The van der Waals surface area contributed by atoms with Crippen molar-refractivity contribution < 1.29 is 4.79 Å². The van der Waals surface area contributed by atoms with E-state index >= 15 is 0 Å². The second-order valence-electron chi connectivity index (χ2n) is 7.07. The minimum absolute atomic E-state index is 0.137. The average Bonchev–Trinajstić information content (AvgIpc) is 3.11. The quantitative estimate of drug-likeness (QED) is 0.825. The van der Waals surface area contributed by atoms with E-state index in [2.05, 4.69) is 14.9 Å². The minimum Gasteiger partial charge on any atom is -0.335 e. The van der Waals surface area contributed by atoms with E-state index in [-0.39, 0.29) is 5.91 Å². The van der Waals surface area contributed by atoms with Crippen molar-refractivity contribution in [3.05, 3.63) is 18.0 Å². The van der Waals surface area contributed by atoms with Gasteiger partial charge in [-0.3, -0.25) is 14.4 Å². The van der Waals surface area contributed by atoms with Gasteiger partial charge in [0.1, 0.15) is 5.69 Å². The molecule has 23 heavy (non-hydrogen) atoms. The number of hydrogen-bond donors (Lipinski definition) is 0. The maximum absolute atomic E-state index is 12.7. The number of nitrogens with zero attached hydrogens (tertiary/aromatic N) is 5. The van der Waals surface area contributed by atoms with Gasteiger partial charge >= 0.3 is 0 Å². The highest BCUT2D eigenvalue weighted by atomic mass is 16.2. The maximum atomic E-state index is 12.7. The van der Waals surface area contributed by atoms with Gasteiger partial charge in [0.05, 0.1) is 0 Å². The van der Waals surface area contributed by atoms with Gasteiger partial charge in [-0.1, -0.05) is 0 Å². The summed E-state index contributed by atoms with van der Waals surface area (Å²) in [4.78, 5) is 19.9. The van der Waals surface area contributed by atoms with Crippen LogP contribution in [0.3, 0.4) is 0 Å². The lowest BCUT2D eigenvalue weighted by Gasteiger charge is -2.51. The first-order valence-corrected chi connectivity index (χ1v) is 9.03. The first-order chi connectivity index (χ1) is 11.3. The summed E-state index contributed by atoms with van der Waals surface area (Å²) < 4.78 is 1.79. The summed E-state index contributed by atoms with van der Waals surface area (Å²) in [7, 11) is 0. The Balaban J connectivity index is 1.37. The van der Waals surface area contributed by atoms with Gasteiger partial charge in [0.25, 0.3) is 5.91 Å². The molecule has 4 saturated heterocycles. The van der Waals surface area contributed by atoms with Crippen LogP contribution in [0.1, 0.15) is 30.3 Å². The van der Waals surface area contributed by atoms with Crippen molar-refractivity contribution >= 4 is 5.91 Å². The van der Waals surface area contributed by atoms with E-state index in [4.69, 9.17) is 0 Å². The van der Waals surface area contributed by atoms with Crippen LogP contribution in [0, 0.1) is 5.92 Å². The molecule has 5 heterocycles. The third-order valence-corrected chi connectivity index (χ3v) is 5.93. The molecule has 0 saturated carbocycles. The minimum atomic E-state index is 0.137. The van der Waals surface area contributed by atoms with Crippen molar-refractivity contribution in [2.75, 3.05) is 45.8 Å². The Morgan fingerprint density at radius 1 is 1.17 bits per heavy atom. The van der Waals surface area contributed by atoms with E-state index < -0.39 is 0 Å². The lowest BCUT2D eigenvalue weighted by Crippen LogP contribution is -2.61. The van der Waals surface area contributed by atoms with Crippen molar-refractivity contribution in [2.24, 2.45) is 5.92 Å². The predicted octanol–water partition coefficient (Wildman–Crippen LogP) is 0.755. The number of aryl methyl sites for hydroxylation is 1. The lowest BCUT2D eigenvalue weighted by atomic mass is 9.83. The molecule has 126 valence electrons. The van der Waals surface area contributed by atoms with Gasteiger partial charge in [-0.2, -0.15) is 5.10 Å². The molecular weight excluding hydrogens is 290 g/mol. The highest BCUT2D eigenvalue weighted by Gasteiger charge is 2.38. The third kappa shape index (κ3) is 2.78. The monoisotopic (exact) mass is 317 g/mol. The summed E-state index contributed by atoms with van der Waals surface area (Å²) in [5.41, 5.74) is 0.726. The lowest BCUT2D eigenvalue weighted by molar-refractivity contribution is -0.0132. The summed E-state index contributed by atoms with van der Waals surface area (Å²) in [6, 6.07) is 2.56. The van der Waals surface area contributed by atoms with Crippen molar-refractivity contribution in [3.63, 3.8) is 0 Å². The largest absolute Gasteiger partial charge is 0.335 e. The molecule has 0 aromatic carbocycles. The zero-order valence-corrected chi connectivity index (χ0v) is 14.0. The fraction of sp³-hybridized carbons (Fsp3) is 0.765. The van der Waals surface area contributed by atoms with E-state index in [1.54, 1.807) is 10.9 Å². The van der Waals surface area contributed by atoms with E-state index in [1.807, 2.05) is 17.9 Å². The summed E-state index contributed by atoms with van der Waals surface area (Å²) in [5, 5.41) is 4.22. The second-order valence-corrected chi connectivity index (χ2v) is 7.07. The average molecular weight is 317 g/mol. The summed E-state index contributed by atoms with van der Waals surface area (Å²) >= 11 is 0. The molecule has 0 spiro atoms. The maximum Gasteiger partial charge on any atom is 0.272 e. The zero-order valence-electron chi connectivity index (χ0n) is 14.0. The van der Waals surface area contributed by atoms with Crippen molar-refractivity contribution in [1.29, 1.82) is 0 Å². The van der Waals surface area contributed by atoms with Crippen molar-refractivity contribution in [2.45, 2.75) is 32.4 Å². The summed E-state index contributed by atoms with van der Waals surface area (Å²) in [6.07, 6.45) is 4.44. The second kappa shape index (κ2) is 6.24. The van der Waals surface area contributed by atoms with Gasteiger partial charge < -0.3 is 9.80 Å². The molecule has 0 unspecified atom stereocenters. The molecule has 4 fully saturated rings. The molecule has 5 rings (SSSR count). The first kappa shape index (κ1) is 15.1. The number of aromatic nitrogens is 2. The van der Waals surface area contributed by atoms with Gasteiger partial charge in [0.2, 0.25) is 0 Å². The zero-order chi connectivity index (χ0) is 15.8. The molecule has 4 aliphatic rings. The van der Waals surface area contributed by atoms with Crippen LogP contribution >= 0.6 is 0 Å². The Morgan fingerprint density at radius 2 is 1.91 bits per heavy atom. The Bertz CT molecular complexity index is 555.